The lowest BCUT2D eigenvalue weighted by atomic mass is 10.3. The van der Waals surface area contributed by atoms with E-state index < -0.39 is 17.3 Å². The van der Waals surface area contributed by atoms with E-state index in [-0.39, 0.29) is 6.54 Å². The molecule has 0 atom stereocenters. The zero-order valence-corrected chi connectivity index (χ0v) is 7.98. The first kappa shape index (κ1) is 11.2. The summed E-state index contributed by atoms with van der Waals surface area (Å²) in [6.45, 7) is 0.172. The van der Waals surface area contributed by atoms with Crippen molar-refractivity contribution in [2.45, 2.75) is 12.7 Å². The molecule has 0 fully saturated rings. The van der Waals surface area contributed by atoms with Crippen molar-refractivity contribution >= 4 is 12.6 Å². The average Bonchev–Trinajstić information content (AvgIpc) is 2.07. The number of pyridine rings is 1. The Balaban J connectivity index is 3.13. The van der Waals surface area contributed by atoms with Crippen LogP contribution in [-0.4, -0.2) is 10.3 Å². The van der Waals surface area contributed by atoms with Crippen LogP contribution >= 0.6 is 12.6 Å². The minimum atomic E-state index is -4.41. The van der Waals surface area contributed by atoms with Crippen molar-refractivity contribution in [2.24, 2.45) is 0 Å². The second-order valence-corrected chi connectivity index (χ2v) is 3.12. The molecule has 1 aromatic heterocycles. The van der Waals surface area contributed by atoms with Crippen LogP contribution in [0, 0.1) is 0 Å². The summed E-state index contributed by atoms with van der Waals surface area (Å²) >= 11 is 3.85. The SMILES string of the molecule is O=c1ccc(C(F)(F)F)cn1CCS. The van der Waals surface area contributed by atoms with Crippen LogP contribution in [0.5, 0.6) is 0 Å². The van der Waals surface area contributed by atoms with Gasteiger partial charge in [-0.2, -0.15) is 25.8 Å². The molecule has 0 N–H and O–H groups in total. The summed E-state index contributed by atoms with van der Waals surface area (Å²) in [5.41, 5.74) is -1.27. The second-order valence-electron chi connectivity index (χ2n) is 2.67. The van der Waals surface area contributed by atoms with Crippen molar-refractivity contribution in [1.29, 1.82) is 0 Å². The van der Waals surface area contributed by atoms with E-state index in [2.05, 4.69) is 12.6 Å². The molecule has 0 aliphatic carbocycles. The molecule has 78 valence electrons. The summed E-state index contributed by atoms with van der Waals surface area (Å²) in [4.78, 5) is 11.0. The first-order valence-electron chi connectivity index (χ1n) is 3.83. The van der Waals surface area contributed by atoms with Crippen LogP contribution in [0.25, 0.3) is 0 Å². The van der Waals surface area contributed by atoms with Crippen molar-refractivity contribution in [3.63, 3.8) is 0 Å². The normalized spacial score (nSPS) is 11.7. The fraction of sp³-hybridized carbons (Fsp3) is 0.375. The van der Waals surface area contributed by atoms with Crippen LogP contribution in [0.2, 0.25) is 0 Å². The van der Waals surface area contributed by atoms with Gasteiger partial charge in [-0.1, -0.05) is 0 Å². The molecule has 0 spiro atoms. The number of thiol groups is 1. The third kappa shape index (κ3) is 2.54. The van der Waals surface area contributed by atoms with E-state index in [4.69, 9.17) is 0 Å². The Morgan fingerprint density at radius 2 is 2.00 bits per heavy atom. The highest BCUT2D eigenvalue weighted by Crippen LogP contribution is 2.27. The molecule has 1 heterocycles. The van der Waals surface area contributed by atoms with Crippen molar-refractivity contribution in [1.82, 2.24) is 4.57 Å². The number of alkyl halides is 3. The van der Waals surface area contributed by atoms with Gasteiger partial charge in [-0.25, -0.2) is 0 Å². The standard InChI is InChI=1S/C8H8F3NOS/c9-8(10,11)6-1-2-7(13)12(5-6)3-4-14/h1-2,5,14H,3-4H2. The first-order valence-corrected chi connectivity index (χ1v) is 4.47. The van der Waals surface area contributed by atoms with E-state index in [9.17, 15) is 18.0 Å². The Morgan fingerprint density at radius 3 is 2.50 bits per heavy atom. The van der Waals surface area contributed by atoms with Crippen LogP contribution in [0.15, 0.2) is 23.1 Å². The number of hydrogen-bond acceptors (Lipinski definition) is 2. The first-order chi connectivity index (χ1) is 6.45. The maximum atomic E-state index is 12.2. The third-order valence-corrected chi connectivity index (χ3v) is 1.85. The lowest BCUT2D eigenvalue weighted by molar-refractivity contribution is -0.138. The highest BCUT2D eigenvalue weighted by atomic mass is 32.1. The van der Waals surface area contributed by atoms with Crippen LogP contribution in [0.4, 0.5) is 13.2 Å². The summed E-state index contributed by atoms with van der Waals surface area (Å²) < 4.78 is 37.6. The van der Waals surface area contributed by atoms with Crippen LogP contribution in [0.3, 0.4) is 0 Å². The molecule has 14 heavy (non-hydrogen) atoms. The number of aromatic nitrogens is 1. The number of nitrogens with zero attached hydrogens (tertiary/aromatic N) is 1. The molecular formula is C8H8F3NOS. The molecule has 1 rings (SSSR count). The summed E-state index contributed by atoms with van der Waals surface area (Å²) in [6.07, 6.45) is -3.61. The summed E-state index contributed by atoms with van der Waals surface area (Å²) in [6, 6.07) is 1.68. The molecule has 0 aliphatic heterocycles. The Bertz CT molecular complexity index is 372. The van der Waals surface area contributed by atoms with Gasteiger partial charge in [0.05, 0.1) is 5.56 Å². The van der Waals surface area contributed by atoms with Gasteiger partial charge in [0.25, 0.3) is 5.56 Å². The molecule has 1 aromatic rings. The maximum absolute atomic E-state index is 12.2. The Labute approximate surface area is 83.8 Å². The molecule has 0 bridgehead atoms. The van der Waals surface area contributed by atoms with E-state index in [1.165, 1.54) is 0 Å². The minimum Gasteiger partial charge on any atom is -0.314 e. The lowest BCUT2D eigenvalue weighted by Gasteiger charge is -2.09. The van der Waals surface area contributed by atoms with Gasteiger partial charge in [-0.15, -0.1) is 0 Å². The van der Waals surface area contributed by atoms with Crippen molar-refractivity contribution < 1.29 is 13.2 Å². The largest absolute Gasteiger partial charge is 0.417 e. The quantitative estimate of drug-likeness (QED) is 0.759. The molecular weight excluding hydrogens is 215 g/mol. The van der Waals surface area contributed by atoms with Gasteiger partial charge in [-0.05, 0) is 6.07 Å². The third-order valence-electron chi connectivity index (χ3n) is 1.65. The monoisotopic (exact) mass is 223 g/mol. The lowest BCUT2D eigenvalue weighted by Crippen LogP contribution is -2.21. The Kier molecular flexibility index (Phi) is 3.25. The van der Waals surface area contributed by atoms with Gasteiger partial charge in [0.2, 0.25) is 0 Å². The fourth-order valence-electron chi connectivity index (χ4n) is 0.982. The Hall–Kier alpha value is -0.910. The molecule has 0 radical (unpaired) electrons. The fourth-order valence-corrected chi connectivity index (χ4v) is 1.20. The molecule has 0 amide bonds. The second kappa shape index (κ2) is 4.08. The van der Waals surface area contributed by atoms with Crippen molar-refractivity contribution in [3.8, 4) is 0 Å². The highest BCUT2D eigenvalue weighted by Gasteiger charge is 2.30. The van der Waals surface area contributed by atoms with Crippen LogP contribution < -0.4 is 5.56 Å². The predicted molar refractivity (Wildman–Crippen MR) is 49.6 cm³/mol. The highest BCUT2D eigenvalue weighted by molar-refractivity contribution is 7.80. The smallest absolute Gasteiger partial charge is 0.314 e. The van der Waals surface area contributed by atoms with E-state index >= 15 is 0 Å². The van der Waals surface area contributed by atoms with Gasteiger partial charge in [0, 0.05) is 24.6 Å². The van der Waals surface area contributed by atoms with Crippen molar-refractivity contribution in [2.75, 3.05) is 5.75 Å². The maximum Gasteiger partial charge on any atom is 0.417 e. The van der Waals surface area contributed by atoms with Crippen LogP contribution in [0.1, 0.15) is 5.56 Å². The molecule has 0 unspecified atom stereocenters. The molecule has 2 nitrogen and oxygen atoms in total. The summed E-state index contributed by atoms with van der Waals surface area (Å²) in [7, 11) is 0. The van der Waals surface area contributed by atoms with E-state index in [0.717, 1.165) is 22.9 Å². The van der Waals surface area contributed by atoms with E-state index in [0.29, 0.717) is 5.75 Å². The van der Waals surface area contributed by atoms with Gasteiger partial charge < -0.3 is 4.57 Å². The summed E-state index contributed by atoms with van der Waals surface area (Å²) in [5, 5.41) is 0. The van der Waals surface area contributed by atoms with Gasteiger partial charge >= 0.3 is 6.18 Å². The predicted octanol–water partition coefficient (Wildman–Crippen LogP) is 1.80. The Morgan fingerprint density at radius 1 is 1.36 bits per heavy atom. The number of rotatable bonds is 2. The van der Waals surface area contributed by atoms with E-state index in [1.807, 2.05) is 0 Å². The van der Waals surface area contributed by atoms with Gasteiger partial charge in [0.15, 0.2) is 0 Å². The number of hydrogen-bond donors (Lipinski definition) is 1. The minimum absolute atomic E-state index is 0.172. The molecule has 6 heteroatoms. The number of aryl methyl sites for hydroxylation is 1. The van der Waals surface area contributed by atoms with Gasteiger partial charge in [0.1, 0.15) is 0 Å². The molecule has 0 saturated heterocycles. The zero-order valence-electron chi connectivity index (χ0n) is 7.08. The van der Waals surface area contributed by atoms with Crippen LogP contribution in [-0.2, 0) is 12.7 Å². The average molecular weight is 223 g/mol. The molecule has 0 saturated carbocycles. The zero-order chi connectivity index (χ0) is 10.8. The summed E-state index contributed by atoms with van der Waals surface area (Å²) in [5.74, 6) is 0.321. The molecule has 0 aliphatic rings. The van der Waals surface area contributed by atoms with Gasteiger partial charge in [-0.3, -0.25) is 4.79 Å². The topological polar surface area (TPSA) is 22.0 Å². The molecule has 0 aromatic carbocycles. The van der Waals surface area contributed by atoms with Crippen molar-refractivity contribution in [3.05, 3.63) is 34.2 Å². The number of halogens is 3. The van der Waals surface area contributed by atoms with E-state index in [1.54, 1.807) is 0 Å².